The molecule has 0 saturated carbocycles. The highest BCUT2D eigenvalue weighted by Crippen LogP contribution is 2.20. The first kappa shape index (κ1) is 17.9. The number of nitro benzene ring substituents is 1. The van der Waals surface area contributed by atoms with Gasteiger partial charge in [0.15, 0.2) is 0 Å². The second kappa shape index (κ2) is 7.41. The van der Waals surface area contributed by atoms with Gasteiger partial charge in [0.2, 0.25) is 10.0 Å². The Labute approximate surface area is 140 Å². The minimum absolute atomic E-state index is 0.133. The third-order valence-electron chi connectivity index (χ3n) is 3.45. The zero-order valence-corrected chi connectivity index (χ0v) is 14.1. The summed E-state index contributed by atoms with van der Waals surface area (Å²) in [5, 5.41) is 10.8. The van der Waals surface area contributed by atoms with Crippen LogP contribution < -0.4 is 9.46 Å². The Morgan fingerprint density at radius 3 is 2.46 bits per heavy atom. The van der Waals surface area contributed by atoms with Crippen molar-refractivity contribution in [1.82, 2.24) is 4.72 Å². The first-order valence-corrected chi connectivity index (χ1v) is 8.83. The lowest BCUT2D eigenvalue weighted by atomic mass is 10.1. The summed E-state index contributed by atoms with van der Waals surface area (Å²) in [6, 6.07) is 12.2. The van der Waals surface area contributed by atoms with E-state index in [1.165, 1.54) is 18.2 Å². The van der Waals surface area contributed by atoms with E-state index < -0.39 is 21.0 Å². The number of non-ortho nitro benzene ring substituents is 1. The molecule has 0 bridgehead atoms. The zero-order valence-electron chi connectivity index (χ0n) is 13.3. The van der Waals surface area contributed by atoms with Gasteiger partial charge in [-0.15, -0.1) is 0 Å². The van der Waals surface area contributed by atoms with Crippen LogP contribution in [0.15, 0.2) is 48.5 Å². The summed E-state index contributed by atoms with van der Waals surface area (Å²) in [6.07, 6.45) is 0. The lowest BCUT2D eigenvalue weighted by molar-refractivity contribution is -0.384. The van der Waals surface area contributed by atoms with Crippen molar-refractivity contribution in [3.63, 3.8) is 0 Å². The number of nitrogens with one attached hydrogen (secondary N) is 1. The second-order valence-corrected chi connectivity index (χ2v) is 7.05. The summed E-state index contributed by atoms with van der Waals surface area (Å²) in [5.41, 5.74) is 1.02. The van der Waals surface area contributed by atoms with Gasteiger partial charge in [-0.3, -0.25) is 10.1 Å². The number of ether oxygens (including phenoxy) is 1. The van der Waals surface area contributed by atoms with Gasteiger partial charge in [-0.05, 0) is 30.2 Å². The average Bonchev–Trinajstić information content (AvgIpc) is 2.54. The van der Waals surface area contributed by atoms with Crippen LogP contribution in [0.4, 0.5) is 5.69 Å². The van der Waals surface area contributed by atoms with Gasteiger partial charge in [-0.2, -0.15) is 0 Å². The van der Waals surface area contributed by atoms with Crippen LogP contribution in [-0.4, -0.2) is 20.5 Å². The van der Waals surface area contributed by atoms with Crippen molar-refractivity contribution in [3.05, 3.63) is 69.8 Å². The van der Waals surface area contributed by atoms with Crippen molar-refractivity contribution in [2.24, 2.45) is 0 Å². The maximum Gasteiger partial charge on any atom is 0.269 e. The van der Waals surface area contributed by atoms with Gasteiger partial charge in [0.1, 0.15) is 5.75 Å². The molecule has 2 aromatic carbocycles. The molecule has 0 aliphatic carbocycles. The second-order valence-electron chi connectivity index (χ2n) is 5.30. The highest BCUT2D eigenvalue weighted by Gasteiger charge is 2.18. The van der Waals surface area contributed by atoms with E-state index in [2.05, 4.69) is 4.72 Å². The Kier molecular flexibility index (Phi) is 5.53. The van der Waals surface area contributed by atoms with E-state index in [0.717, 1.165) is 5.56 Å². The number of nitrogens with zero attached hydrogens (tertiary/aromatic N) is 1. The number of rotatable bonds is 7. The van der Waals surface area contributed by atoms with E-state index in [4.69, 9.17) is 4.74 Å². The minimum Gasteiger partial charge on any atom is -0.497 e. The summed E-state index contributed by atoms with van der Waals surface area (Å²) in [5.74, 6) is 0.361. The Bertz CT molecular complexity index is 819. The van der Waals surface area contributed by atoms with Crippen molar-refractivity contribution in [2.45, 2.75) is 18.7 Å². The van der Waals surface area contributed by atoms with Crippen molar-refractivity contribution < 1.29 is 18.1 Å². The summed E-state index contributed by atoms with van der Waals surface area (Å²) in [4.78, 5) is 10.2. The first-order chi connectivity index (χ1) is 11.3. The number of hydrogen-bond donors (Lipinski definition) is 1. The van der Waals surface area contributed by atoms with Crippen molar-refractivity contribution in [2.75, 3.05) is 7.11 Å². The highest BCUT2D eigenvalue weighted by atomic mass is 32.2. The van der Waals surface area contributed by atoms with Crippen LogP contribution in [0.5, 0.6) is 5.75 Å². The molecule has 0 radical (unpaired) electrons. The van der Waals surface area contributed by atoms with Crippen LogP contribution in [-0.2, 0) is 15.8 Å². The topological polar surface area (TPSA) is 98.5 Å². The maximum atomic E-state index is 12.3. The average molecular weight is 350 g/mol. The minimum atomic E-state index is -3.64. The molecule has 0 unspecified atom stereocenters. The van der Waals surface area contributed by atoms with E-state index in [0.29, 0.717) is 11.3 Å². The maximum absolute atomic E-state index is 12.3. The fourth-order valence-electron chi connectivity index (χ4n) is 2.25. The molecule has 0 heterocycles. The standard InChI is InChI=1S/C16H18N2O5S/c1-12(14-6-8-16(23-2)9-7-14)17-24(21,22)11-13-4-3-5-15(10-13)18(19)20/h3-10,12,17H,11H2,1-2H3/t12-/m0/s1. The molecule has 0 amide bonds. The Hall–Kier alpha value is -2.45. The number of hydrogen-bond acceptors (Lipinski definition) is 5. The van der Waals surface area contributed by atoms with Gasteiger partial charge in [-0.1, -0.05) is 24.3 Å². The Morgan fingerprint density at radius 1 is 1.21 bits per heavy atom. The van der Waals surface area contributed by atoms with E-state index in [1.807, 2.05) is 0 Å². The van der Waals surface area contributed by atoms with Crippen molar-refractivity contribution in [1.29, 1.82) is 0 Å². The lowest BCUT2D eigenvalue weighted by Gasteiger charge is -2.15. The van der Waals surface area contributed by atoms with Crippen molar-refractivity contribution >= 4 is 15.7 Å². The number of sulfonamides is 1. The summed E-state index contributed by atoms with van der Waals surface area (Å²) >= 11 is 0. The molecule has 0 aromatic heterocycles. The third-order valence-corrected chi connectivity index (χ3v) is 4.88. The van der Waals surface area contributed by atoms with Crippen LogP contribution in [0.25, 0.3) is 0 Å². The molecule has 1 N–H and O–H groups in total. The Morgan fingerprint density at radius 2 is 1.88 bits per heavy atom. The molecule has 1 atom stereocenters. The SMILES string of the molecule is COc1ccc([C@H](C)NS(=O)(=O)Cc2cccc([N+](=O)[O-])c2)cc1. The fourth-order valence-corrected chi connectivity index (χ4v) is 3.63. The normalized spacial score (nSPS) is 12.6. The van der Waals surface area contributed by atoms with Gasteiger partial charge >= 0.3 is 0 Å². The predicted molar refractivity (Wildman–Crippen MR) is 90.3 cm³/mol. The number of methoxy groups -OCH3 is 1. The molecule has 0 saturated heterocycles. The molecule has 0 aliphatic rings. The smallest absolute Gasteiger partial charge is 0.269 e. The van der Waals surface area contributed by atoms with Gasteiger partial charge in [0.25, 0.3) is 5.69 Å². The predicted octanol–water partition coefficient (Wildman–Crippen LogP) is 2.78. The first-order valence-electron chi connectivity index (χ1n) is 7.18. The molecule has 8 heteroatoms. The molecule has 7 nitrogen and oxygen atoms in total. The summed E-state index contributed by atoms with van der Waals surface area (Å²) in [6.45, 7) is 1.73. The summed E-state index contributed by atoms with van der Waals surface area (Å²) in [7, 11) is -2.09. The van der Waals surface area contributed by atoms with E-state index in [-0.39, 0.29) is 11.4 Å². The van der Waals surface area contributed by atoms with Crippen LogP contribution in [0.1, 0.15) is 24.1 Å². The molecule has 0 fully saturated rings. The van der Waals surface area contributed by atoms with Crippen LogP contribution >= 0.6 is 0 Å². The van der Waals surface area contributed by atoms with E-state index >= 15 is 0 Å². The molecular weight excluding hydrogens is 332 g/mol. The van der Waals surface area contributed by atoms with Gasteiger partial charge in [-0.25, -0.2) is 13.1 Å². The van der Waals surface area contributed by atoms with Gasteiger partial charge in [0.05, 0.1) is 17.8 Å². The van der Waals surface area contributed by atoms with Gasteiger partial charge < -0.3 is 4.74 Å². The van der Waals surface area contributed by atoms with Crippen molar-refractivity contribution in [3.8, 4) is 5.75 Å². The third kappa shape index (κ3) is 4.77. The van der Waals surface area contributed by atoms with E-state index in [1.54, 1.807) is 44.4 Å². The molecule has 2 rings (SSSR count). The van der Waals surface area contributed by atoms with Gasteiger partial charge in [0, 0.05) is 18.2 Å². The molecule has 0 aliphatic heterocycles. The molecule has 0 spiro atoms. The fraction of sp³-hybridized carbons (Fsp3) is 0.250. The Balaban J connectivity index is 2.09. The number of nitro groups is 1. The quantitative estimate of drug-likeness (QED) is 0.611. The van der Waals surface area contributed by atoms with E-state index in [9.17, 15) is 18.5 Å². The molecular formula is C16H18N2O5S. The van der Waals surface area contributed by atoms with Crippen LogP contribution in [0, 0.1) is 10.1 Å². The molecule has 128 valence electrons. The summed E-state index contributed by atoms with van der Waals surface area (Å²) < 4.78 is 32.2. The molecule has 2 aromatic rings. The number of benzene rings is 2. The largest absolute Gasteiger partial charge is 0.497 e. The van der Waals surface area contributed by atoms with Crippen LogP contribution in [0.2, 0.25) is 0 Å². The van der Waals surface area contributed by atoms with Crippen LogP contribution in [0.3, 0.4) is 0 Å². The molecule has 24 heavy (non-hydrogen) atoms. The lowest BCUT2D eigenvalue weighted by Crippen LogP contribution is -2.28. The zero-order chi connectivity index (χ0) is 17.7. The monoisotopic (exact) mass is 350 g/mol. The highest BCUT2D eigenvalue weighted by molar-refractivity contribution is 7.88.